The van der Waals surface area contributed by atoms with Gasteiger partial charge in [0.05, 0.1) is 30.8 Å². The zero-order chi connectivity index (χ0) is 23.9. The predicted molar refractivity (Wildman–Crippen MR) is 135 cm³/mol. The summed E-state index contributed by atoms with van der Waals surface area (Å²) in [6, 6.07) is 17.9. The van der Waals surface area contributed by atoms with Crippen LogP contribution < -0.4 is 4.74 Å². The monoisotopic (exact) mass is 480 g/mol. The Hall–Kier alpha value is -2.61. The lowest BCUT2D eigenvalue weighted by atomic mass is 9.81. The number of hydrogen-bond acceptors (Lipinski definition) is 6. The smallest absolute Gasteiger partial charge is 0.308 e. The van der Waals surface area contributed by atoms with Gasteiger partial charge in [-0.1, -0.05) is 30.3 Å². The molecule has 0 radical (unpaired) electrons. The third-order valence-corrected chi connectivity index (χ3v) is 7.71. The lowest BCUT2D eigenvalue weighted by Gasteiger charge is -2.37. The fourth-order valence-corrected chi connectivity index (χ4v) is 5.72. The number of aliphatic hydroxyl groups excluding tert-OH is 1. The van der Waals surface area contributed by atoms with Gasteiger partial charge in [0.2, 0.25) is 0 Å². The highest BCUT2D eigenvalue weighted by molar-refractivity contribution is 7.99. The zero-order valence-electron chi connectivity index (χ0n) is 19.5. The second kappa shape index (κ2) is 11.7. The largest absolute Gasteiger partial charge is 0.495 e. The van der Waals surface area contributed by atoms with Gasteiger partial charge in [-0.15, -0.1) is 11.8 Å². The Kier molecular flexibility index (Phi) is 8.43. The normalized spacial score (nSPS) is 19.7. The molecule has 0 aliphatic carbocycles. The van der Waals surface area contributed by atoms with Crippen LogP contribution in [0.25, 0.3) is 10.9 Å². The Morgan fingerprint density at radius 3 is 2.82 bits per heavy atom. The number of rotatable bonds is 10. The van der Waals surface area contributed by atoms with Gasteiger partial charge in [0.15, 0.2) is 0 Å². The summed E-state index contributed by atoms with van der Waals surface area (Å²) in [6.45, 7) is 2.35. The molecular formula is C27H32N2O4S. The average molecular weight is 481 g/mol. The van der Waals surface area contributed by atoms with Crippen LogP contribution in [0.5, 0.6) is 5.75 Å². The molecule has 1 aromatic heterocycles. The number of benzene rings is 2. The van der Waals surface area contributed by atoms with E-state index >= 15 is 0 Å². The van der Waals surface area contributed by atoms with Crippen LogP contribution in [-0.2, 0) is 4.79 Å². The van der Waals surface area contributed by atoms with Crippen molar-refractivity contribution in [3.63, 3.8) is 0 Å². The molecule has 3 aromatic rings. The van der Waals surface area contributed by atoms with Crippen molar-refractivity contribution >= 4 is 28.6 Å². The number of hydrogen-bond donors (Lipinski definition) is 2. The summed E-state index contributed by atoms with van der Waals surface area (Å²) in [5.74, 6) is 0.512. The molecule has 2 heterocycles. The average Bonchev–Trinajstić information content (AvgIpc) is 2.87. The second-order valence-corrected chi connectivity index (χ2v) is 10.0. The van der Waals surface area contributed by atoms with E-state index in [0.717, 1.165) is 41.7 Å². The van der Waals surface area contributed by atoms with Crippen LogP contribution in [0, 0.1) is 11.8 Å². The van der Waals surface area contributed by atoms with Gasteiger partial charge >= 0.3 is 5.97 Å². The Balaban J connectivity index is 1.34. The summed E-state index contributed by atoms with van der Waals surface area (Å²) < 4.78 is 5.30. The van der Waals surface area contributed by atoms with Crippen LogP contribution in [0.3, 0.4) is 0 Å². The number of aromatic nitrogens is 1. The number of pyridine rings is 1. The lowest BCUT2D eigenvalue weighted by molar-refractivity contribution is -0.146. The Morgan fingerprint density at radius 1 is 1.24 bits per heavy atom. The Morgan fingerprint density at radius 2 is 2.06 bits per heavy atom. The third kappa shape index (κ3) is 6.09. The van der Waals surface area contributed by atoms with Crippen molar-refractivity contribution in [2.75, 3.05) is 32.5 Å². The molecule has 4 rings (SSSR count). The Labute approximate surface area is 205 Å². The summed E-state index contributed by atoms with van der Waals surface area (Å²) in [5, 5.41) is 21.7. The molecule has 0 amide bonds. The summed E-state index contributed by atoms with van der Waals surface area (Å²) in [4.78, 5) is 20.0. The van der Waals surface area contributed by atoms with Crippen LogP contribution in [-0.4, -0.2) is 58.6 Å². The van der Waals surface area contributed by atoms with E-state index in [2.05, 4.69) is 22.0 Å². The van der Waals surface area contributed by atoms with Crippen molar-refractivity contribution in [1.29, 1.82) is 0 Å². The first kappa shape index (κ1) is 24.5. The van der Waals surface area contributed by atoms with Crippen LogP contribution in [0.2, 0.25) is 0 Å². The molecule has 2 aromatic carbocycles. The van der Waals surface area contributed by atoms with Gasteiger partial charge in [0, 0.05) is 29.1 Å². The predicted octanol–water partition coefficient (Wildman–Crippen LogP) is 4.87. The maximum atomic E-state index is 12.0. The summed E-state index contributed by atoms with van der Waals surface area (Å²) in [7, 11) is 1.60. The standard InChI is InChI=1S/C27H32N2O4S/c1-33-20-16-23-22(8-5-9-25(23)28-17-20)26(30)11-10-19-12-13-29(18-24(19)27(31)32)14-15-34-21-6-3-2-4-7-21/h2-9,16-17,19,24,26,30H,10-15,18H2,1H3,(H,31,32)/t19-,24+,26?/m1/s1. The molecule has 1 fully saturated rings. The molecule has 34 heavy (non-hydrogen) atoms. The molecule has 1 aliphatic rings. The van der Waals surface area contributed by atoms with Crippen molar-refractivity contribution < 1.29 is 19.7 Å². The Bertz CT molecular complexity index is 1090. The number of piperidine rings is 1. The number of likely N-dealkylation sites (tertiary alicyclic amines) is 1. The summed E-state index contributed by atoms with van der Waals surface area (Å²) in [5.41, 5.74) is 1.62. The minimum atomic E-state index is -0.737. The van der Waals surface area contributed by atoms with E-state index in [1.54, 1.807) is 25.1 Å². The van der Waals surface area contributed by atoms with Crippen LogP contribution in [0.1, 0.15) is 30.9 Å². The molecular weight excluding hydrogens is 448 g/mol. The number of methoxy groups -OCH3 is 1. The number of aliphatic hydroxyl groups is 1. The molecule has 6 nitrogen and oxygen atoms in total. The van der Waals surface area contributed by atoms with Gasteiger partial charge in [0.1, 0.15) is 5.75 Å². The fraction of sp³-hybridized carbons (Fsp3) is 0.407. The lowest BCUT2D eigenvalue weighted by Crippen LogP contribution is -2.44. The van der Waals surface area contributed by atoms with Gasteiger partial charge in [-0.3, -0.25) is 9.78 Å². The molecule has 1 unspecified atom stereocenters. The molecule has 1 aliphatic heterocycles. The number of nitrogens with zero attached hydrogens (tertiary/aromatic N) is 2. The quantitative estimate of drug-likeness (QED) is 0.401. The highest BCUT2D eigenvalue weighted by atomic mass is 32.2. The molecule has 0 spiro atoms. The second-order valence-electron chi connectivity index (χ2n) is 8.84. The van der Waals surface area contributed by atoms with Gasteiger partial charge in [-0.25, -0.2) is 0 Å². The van der Waals surface area contributed by atoms with Crippen molar-refractivity contribution in [2.24, 2.45) is 11.8 Å². The number of ether oxygens (including phenoxy) is 1. The molecule has 180 valence electrons. The highest BCUT2D eigenvalue weighted by Crippen LogP contribution is 2.34. The van der Waals surface area contributed by atoms with Gasteiger partial charge in [-0.2, -0.15) is 0 Å². The van der Waals surface area contributed by atoms with Crippen molar-refractivity contribution in [3.05, 3.63) is 66.4 Å². The SMILES string of the molecule is COc1cnc2cccc(C(O)CC[C@@H]3CCN(CCSc4ccccc4)C[C@@H]3C(=O)O)c2c1. The van der Waals surface area contributed by atoms with E-state index in [1.165, 1.54) is 4.90 Å². The molecule has 1 saturated heterocycles. The molecule has 7 heteroatoms. The van der Waals surface area contributed by atoms with E-state index in [-0.39, 0.29) is 5.92 Å². The van der Waals surface area contributed by atoms with Gasteiger partial charge in [-0.05, 0) is 61.6 Å². The minimum absolute atomic E-state index is 0.0628. The first-order valence-corrected chi connectivity index (χ1v) is 12.8. The number of carbonyl (C=O) groups is 1. The van der Waals surface area contributed by atoms with E-state index < -0.39 is 18.0 Å². The molecule has 2 N–H and O–H groups in total. The number of aliphatic carboxylic acids is 1. The van der Waals surface area contributed by atoms with E-state index in [4.69, 9.17) is 4.74 Å². The van der Waals surface area contributed by atoms with Gasteiger partial charge in [0.25, 0.3) is 0 Å². The molecule has 3 atom stereocenters. The number of fused-ring (bicyclic) bond motifs is 1. The topological polar surface area (TPSA) is 82.9 Å². The van der Waals surface area contributed by atoms with Crippen molar-refractivity contribution in [1.82, 2.24) is 9.88 Å². The first-order chi connectivity index (χ1) is 16.5. The fourth-order valence-electron chi connectivity index (χ4n) is 4.79. The van der Waals surface area contributed by atoms with Crippen LogP contribution >= 0.6 is 11.8 Å². The first-order valence-electron chi connectivity index (χ1n) is 11.8. The van der Waals surface area contributed by atoms with E-state index in [0.29, 0.717) is 25.1 Å². The van der Waals surface area contributed by atoms with Crippen molar-refractivity contribution in [2.45, 2.75) is 30.3 Å². The highest BCUT2D eigenvalue weighted by Gasteiger charge is 2.34. The molecule has 0 bridgehead atoms. The van der Waals surface area contributed by atoms with Gasteiger partial charge < -0.3 is 19.8 Å². The van der Waals surface area contributed by atoms with E-state index in [9.17, 15) is 15.0 Å². The zero-order valence-corrected chi connectivity index (χ0v) is 20.3. The number of thioether (sulfide) groups is 1. The number of carboxylic acids is 1. The third-order valence-electron chi connectivity index (χ3n) is 6.72. The van der Waals surface area contributed by atoms with Crippen molar-refractivity contribution in [3.8, 4) is 5.75 Å². The number of carboxylic acid groups (broad SMARTS) is 1. The minimum Gasteiger partial charge on any atom is -0.495 e. The van der Waals surface area contributed by atoms with Crippen LogP contribution in [0.4, 0.5) is 0 Å². The maximum absolute atomic E-state index is 12.0. The van der Waals surface area contributed by atoms with Crippen LogP contribution in [0.15, 0.2) is 65.7 Å². The maximum Gasteiger partial charge on any atom is 0.308 e. The van der Waals surface area contributed by atoms with E-state index in [1.807, 2.05) is 42.5 Å². The molecule has 0 saturated carbocycles. The summed E-state index contributed by atoms with van der Waals surface area (Å²) >= 11 is 1.80. The summed E-state index contributed by atoms with van der Waals surface area (Å²) in [6.07, 6.45) is 3.03.